The standard InChI is InChI=1S/C48H49F5N6O6S3/c1-31-44(47(60)61)45(46(57(31)4)32-12-14-34(49)15-13-32)33-8-7-9-38(28-33)59-26-24-58(25-27-59)37-18-16-35(17-19-37)55-68(64,65)39-20-21-41(43(29-39)67(62,63)48(51,52)53)54-36(22-23-56(2)3)30-66-42-11-6-5-10-40(42)50/h5-21,28-29,36,54-55H,22-27,30H2,1-4H3,(H,60,61)/t36-/m1/s1. The summed E-state index contributed by atoms with van der Waals surface area (Å²) in [5.74, 6) is -1.83. The molecule has 0 saturated carbocycles. The second kappa shape index (κ2) is 20.2. The number of rotatable bonds is 17. The van der Waals surface area contributed by atoms with E-state index < -0.39 is 64.5 Å². The van der Waals surface area contributed by atoms with Crippen LogP contribution in [0, 0.1) is 18.6 Å². The molecule has 0 spiro atoms. The summed E-state index contributed by atoms with van der Waals surface area (Å²) in [6.07, 6.45) is 0.328. The van der Waals surface area contributed by atoms with E-state index in [0.29, 0.717) is 78.2 Å². The number of piperazine rings is 1. The first-order valence-electron chi connectivity index (χ1n) is 21.3. The number of nitrogens with one attached hydrogen (secondary N) is 2. The van der Waals surface area contributed by atoms with Crippen LogP contribution in [0.25, 0.3) is 22.4 Å². The van der Waals surface area contributed by atoms with Crippen molar-refractivity contribution in [1.82, 2.24) is 9.47 Å². The lowest BCUT2D eigenvalue weighted by atomic mass is 9.96. The van der Waals surface area contributed by atoms with Crippen LogP contribution in [0.3, 0.4) is 0 Å². The van der Waals surface area contributed by atoms with Gasteiger partial charge in [-0.3, -0.25) is 4.72 Å². The first-order chi connectivity index (χ1) is 32.1. The summed E-state index contributed by atoms with van der Waals surface area (Å²) >= 11 is 1.10. The fourth-order valence-electron chi connectivity index (χ4n) is 8.05. The van der Waals surface area contributed by atoms with Crippen molar-refractivity contribution >= 4 is 60.3 Å². The van der Waals surface area contributed by atoms with Crippen LogP contribution in [0.15, 0.2) is 130 Å². The van der Waals surface area contributed by atoms with Crippen LogP contribution in [0.2, 0.25) is 0 Å². The molecule has 0 bridgehead atoms. The number of anilines is 4. The molecule has 1 aliphatic rings. The molecule has 1 fully saturated rings. The van der Waals surface area contributed by atoms with Crippen molar-refractivity contribution < 1.29 is 48.7 Å². The van der Waals surface area contributed by atoms with Crippen molar-refractivity contribution in [2.24, 2.45) is 7.05 Å². The Morgan fingerprint density at radius 2 is 1.46 bits per heavy atom. The number of carboxylic acids is 1. The van der Waals surface area contributed by atoms with Gasteiger partial charge in [0.2, 0.25) is 0 Å². The van der Waals surface area contributed by atoms with Gasteiger partial charge in [0.05, 0.1) is 21.8 Å². The Balaban J connectivity index is 1.06. The van der Waals surface area contributed by atoms with E-state index in [1.165, 1.54) is 36.4 Å². The Bertz CT molecular complexity index is 3010. The normalized spacial score (nSPS) is 14.0. The van der Waals surface area contributed by atoms with Gasteiger partial charge < -0.3 is 29.7 Å². The molecule has 0 unspecified atom stereocenters. The predicted octanol–water partition coefficient (Wildman–Crippen LogP) is 9.59. The van der Waals surface area contributed by atoms with E-state index in [2.05, 4.69) is 19.8 Å². The van der Waals surface area contributed by atoms with Crippen LogP contribution in [0.4, 0.5) is 44.7 Å². The van der Waals surface area contributed by atoms with E-state index in [1.54, 1.807) is 69.0 Å². The maximum Gasteiger partial charge on any atom is 0.501 e. The lowest BCUT2D eigenvalue weighted by molar-refractivity contribution is -0.0435. The summed E-state index contributed by atoms with van der Waals surface area (Å²) < 4.78 is 128. The quantitative estimate of drug-likeness (QED) is 0.0594. The third-order valence-electron chi connectivity index (χ3n) is 11.7. The van der Waals surface area contributed by atoms with Crippen molar-refractivity contribution in [2.45, 2.75) is 39.6 Å². The summed E-state index contributed by atoms with van der Waals surface area (Å²) in [6, 6.07) is 27.7. The zero-order chi connectivity index (χ0) is 49.1. The first-order valence-corrected chi connectivity index (χ1v) is 25.3. The molecule has 1 aromatic heterocycles. The molecule has 360 valence electrons. The summed E-state index contributed by atoms with van der Waals surface area (Å²) in [5.41, 5.74) is -1.27. The highest BCUT2D eigenvalue weighted by atomic mass is 32.2. The van der Waals surface area contributed by atoms with Gasteiger partial charge in [-0.1, -0.05) is 24.3 Å². The molecule has 6 aromatic rings. The molecular formula is C48H49F5N6O6S3. The Hall–Kier alpha value is -6.09. The van der Waals surface area contributed by atoms with Gasteiger partial charge in [-0.05, 0) is 136 Å². The fraction of sp³-hybridized carbons (Fsp3) is 0.271. The third kappa shape index (κ3) is 10.9. The lowest BCUT2D eigenvalue weighted by Gasteiger charge is -2.37. The SMILES string of the molecule is Cc1c(C(=O)O)c(-c2cccc(N3CCN(c4ccc(NS(=O)(=O)c5ccc(N[C@H](CCN(C)C)CSc6ccccc6F)c(S(=O)(=O)C(F)(F)F)c5)cc4)CC3)c2)c(-c2ccc(F)cc2)n1C. The smallest absolute Gasteiger partial charge is 0.478 e. The van der Waals surface area contributed by atoms with E-state index >= 15 is 0 Å². The molecule has 68 heavy (non-hydrogen) atoms. The van der Waals surface area contributed by atoms with Crippen LogP contribution in [-0.4, -0.2) is 102 Å². The number of sulfonamides is 1. The summed E-state index contributed by atoms with van der Waals surface area (Å²) in [5, 5.41) is 13.2. The maximum atomic E-state index is 14.4. The molecule has 20 heteroatoms. The molecule has 3 N–H and O–H groups in total. The number of alkyl halides is 3. The number of carboxylic acid groups (broad SMARTS) is 1. The summed E-state index contributed by atoms with van der Waals surface area (Å²) in [4.78, 5) is 17.0. The molecule has 0 amide bonds. The van der Waals surface area contributed by atoms with Crippen molar-refractivity contribution in [2.75, 3.05) is 72.4 Å². The van der Waals surface area contributed by atoms with Gasteiger partial charge in [0.15, 0.2) is 0 Å². The van der Waals surface area contributed by atoms with Crippen molar-refractivity contribution in [3.05, 3.63) is 138 Å². The van der Waals surface area contributed by atoms with Gasteiger partial charge in [0, 0.05) is 78.2 Å². The molecule has 0 radical (unpaired) electrons. The van der Waals surface area contributed by atoms with Crippen LogP contribution in [-0.2, 0) is 26.9 Å². The van der Waals surface area contributed by atoms with Crippen molar-refractivity contribution in [1.29, 1.82) is 0 Å². The molecule has 5 aromatic carbocycles. The minimum atomic E-state index is -6.06. The number of nitrogens with zero attached hydrogens (tertiary/aromatic N) is 4. The number of aromatic nitrogens is 1. The monoisotopic (exact) mass is 996 g/mol. The summed E-state index contributed by atoms with van der Waals surface area (Å²) in [6.45, 7) is 4.47. The number of halogens is 5. The highest BCUT2D eigenvalue weighted by molar-refractivity contribution is 7.99. The highest BCUT2D eigenvalue weighted by Gasteiger charge is 2.48. The third-order valence-corrected chi connectivity index (χ3v) is 15.8. The van der Waals surface area contributed by atoms with E-state index in [9.17, 15) is 48.7 Å². The van der Waals surface area contributed by atoms with Crippen LogP contribution in [0.1, 0.15) is 22.5 Å². The second-order valence-electron chi connectivity index (χ2n) is 16.5. The Labute approximate surface area is 396 Å². The number of thioether (sulfide) groups is 1. The molecule has 12 nitrogen and oxygen atoms in total. The van der Waals surface area contributed by atoms with E-state index in [1.807, 2.05) is 29.2 Å². The zero-order valence-corrected chi connectivity index (χ0v) is 39.8. The van der Waals surface area contributed by atoms with E-state index in [4.69, 9.17) is 0 Å². The minimum absolute atomic E-state index is 0.0810. The average Bonchev–Trinajstić information content (AvgIpc) is 3.57. The molecule has 1 aliphatic heterocycles. The van der Waals surface area contributed by atoms with E-state index in [-0.39, 0.29) is 17.0 Å². The van der Waals surface area contributed by atoms with Crippen LogP contribution < -0.4 is 19.8 Å². The highest BCUT2D eigenvalue weighted by Crippen LogP contribution is 2.41. The number of sulfone groups is 1. The molecule has 1 saturated heterocycles. The minimum Gasteiger partial charge on any atom is -0.478 e. The predicted molar refractivity (Wildman–Crippen MR) is 257 cm³/mol. The Morgan fingerprint density at radius 1 is 0.809 bits per heavy atom. The van der Waals surface area contributed by atoms with Crippen molar-refractivity contribution in [3.63, 3.8) is 0 Å². The molecule has 1 atom stereocenters. The zero-order valence-electron chi connectivity index (χ0n) is 37.4. The molecular weight excluding hydrogens is 948 g/mol. The van der Waals surface area contributed by atoms with Gasteiger partial charge in [-0.15, -0.1) is 11.8 Å². The summed E-state index contributed by atoms with van der Waals surface area (Å²) in [7, 11) is -5.33. The molecule has 7 rings (SSSR count). The molecule has 0 aliphatic carbocycles. The number of carbonyl (C=O) groups is 1. The van der Waals surface area contributed by atoms with Crippen LogP contribution >= 0.6 is 11.8 Å². The van der Waals surface area contributed by atoms with E-state index in [0.717, 1.165) is 35.3 Å². The van der Waals surface area contributed by atoms with Gasteiger partial charge in [-0.25, -0.2) is 30.4 Å². The molecule has 2 heterocycles. The number of aromatic carboxylic acids is 1. The van der Waals surface area contributed by atoms with Gasteiger partial charge >= 0.3 is 11.5 Å². The maximum absolute atomic E-state index is 14.4. The average molecular weight is 997 g/mol. The topological polar surface area (TPSA) is 144 Å². The fourth-order valence-corrected chi connectivity index (χ4v) is 11.2. The largest absolute Gasteiger partial charge is 0.501 e. The first kappa shape index (κ1) is 49.8. The Morgan fingerprint density at radius 3 is 2.07 bits per heavy atom. The van der Waals surface area contributed by atoms with Crippen LogP contribution in [0.5, 0.6) is 0 Å². The van der Waals surface area contributed by atoms with Gasteiger partial charge in [-0.2, -0.15) is 13.2 Å². The second-order valence-corrected chi connectivity index (χ2v) is 21.2. The lowest BCUT2D eigenvalue weighted by Crippen LogP contribution is -2.46. The Kier molecular flexibility index (Phi) is 14.8. The van der Waals surface area contributed by atoms with Gasteiger partial charge in [0.1, 0.15) is 16.5 Å². The number of benzene rings is 5. The number of hydrogen-bond acceptors (Lipinski definition) is 10. The number of hydrogen-bond donors (Lipinski definition) is 3. The van der Waals surface area contributed by atoms with Gasteiger partial charge in [0.25, 0.3) is 19.9 Å². The van der Waals surface area contributed by atoms with Crippen molar-refractivity contribution in [3.8, 4) is 22.4 Å².